The molecule has 5 nitrogen and oxygen atoms in total. The predicted octanol–water partition coefficient (Wildman–Crippen LogP) is 3.13. The zero-order chi connectivity index (χ0) is 15.1. The number of rotatable bonds is 6. The monoisotopic (exact) mass is 419 g/mol. The summed E-state index contributed by atoms with van der Waals surface area (Å²) >= 11 is 0. The van der Waals surface area contributed by atoms with Crippen molar-refractivity contribution in [1.82, 2.24) is 10.6 Å². The first-order valence-electron chi connectivity index (χ1n) is 7.52. The lowest BCUT2D eigenvalue weighted by Gasteiger charge is -2.12. The Kier molecular flexibility index (Phi) is 8.37. The minimum Gasteiger partial charge on any atom is -0.454 e. The van der Waals surface area contributed by atoms with Crippen molar-refractivity contribution < 1.29 is 9.47 Å². The van der Waals surface area contributed by atoms with E-state index in [1.54, 1.807) is 7.05 Å². The summed E-state index contributed by atoms with van der Waals surface area (Å²) in [5.74, 6) is 3.20. The van der Waals surface area contributed by atoms with Gasteiger partial charge < -0.3 is 20.1 Å². The van der Waals surface area contributed by atoms with Crippen molar-refractivity contribution in [3.8, 4) is 11.5 Å². The first kappa shape index (κ1) is 18.9. The molecular formula is C16H26IN3O2. The molecule has 22 heavy (non-hydrogen) atoms. The van der Waals surface area contributed by atoms with E-state index in [2.05, 4.69) is 29.5 Å². The molecule has 1 aromatic rings. The molecule has 2 N–H and O–H groups in total. The zero-order valence-electron chi connectivity index (χ0n) is 13.5. The minimum atomic E-state index is 0. The van der Waals surface area contributed by atoms with E-state index in [1.807, 2.05) is 18.2 Å². The Morgan fingerprint density at radius 2 is 2.00 bits per heavy atom. The van der Waals surface area contributed by atoms with Gasteiger partial charge in [0.15, 0.2) is 17.5 Å². The molecule has 1 heterocycles. The number of halogens is 1. The molecule has 0 aromatic heterocycles. The van der Waals surface area contributed by atoms with Crippen LogP contribution in [0.5, 0.6) is 11.5 Å². The van der Waals surface area contributed by atoms with Crippen LogP contribution >= 0.6 is 24.0 Å². The van der Waals surface area contributed by atoms with Gasteiger partial charge in [0.05, 0.1) is 0 Å². The van der Waals surface area contributed by atoms with Gasteiger partial charge in [0.1, 0.15) is 0 Å². The van der Waals surface area contributed by atoms with Crippen LogP contribution < -0.4 is 20.1 Å². The summed E-state index contributed by atoms with van der Waals surface area (Å²) in [6.07, 6.45) is 2.38. The summed E-state index contributed by atoms with van der Waals surface area (Å²) in [5, 5.41) is 6.64. The second-order valence-corrected chi connectivity index (χ2v) is 5.58. The number of hydrogen-bond acceptors (Lipinski definition) is 3. The van der Waals surface area contributed by atoms with Gasteiger partial charge >= 0.3 is 0 Å². The molecule has 0 radical (unpaired) electrons. The SMILES string of the molecule is CN=C(NCCCC(C)C)NCc1ccc2c(c1)OCO2.I. The largest absolute Gasteiger partial charge is 0.454 e. The first-order chi connectivity index (χ1) is 10.2. The number of aliphatic imine (C=N–C) groups is 1. The third kappa shape index (κ3) is 5.90. The number of benzene rings is 1. The van der Waals surface area contributed by atoms with E-state index in [9.17, 15) is 0 Å². The number of nitrogens with one attached hydrogen (secondary N) is 2. The Labute approximate surface area is 149 Å². The van der Waals surface area contributed by atoms with Crippen LogP contribution in [0.4, 0.5) is 0 Å². The maximum atomic E-state index is 5.38. The van der Waals surface area contributed by atoms with E-state index in [0.717, 1.165) is 41.9 Å². The quantitative estimate of drug-likeness (QED) is 0.322. The summed E-state index contributed by atoms with van der Waals surface area (Å²) in [4.78, 5) is 4.23. The third-order valence-electron chi connectivity index (χ3n) is 3.37. The fraction of sp³-hybridized carbons (Fsp3) is 0.562. The normalized spacial score (nSPS) is 13.0. The van der Waals surface area contributed by atoms with Gasteiger partial charge in [-0.05, 0) is 36.5 Å². The first-order valence-corrected chi connectivity index (χ1v) is 7.52. The molecule has 1 aliphatic heterocycles. The van der Waals surface area contributed by atoms with Crippen molar-refractivity contribution in [2.75, 3.05) is 20.4 Å². The highest BCUT2D eigenvalue weighted by molar-refractivity contribution is 14.0. The molecule has 1 aromatic carbocycles. The predicted molar refractivity (Wildman–Crippen MR) is 100 cm³/mol. The van der Waals surface area contributed by atoms with Gasteiger partial charge in [-0.1, -0.05) is 19.9 Å². The topological polar surface area (TPSA) is 54.9 Å². The van der Waals surface area contributed by atoms with Gasteiger partial charge in [-0.15, -0.1) is 24.0 Å². The Morgan fingerprint density at radius 1 is 1.23 bits per heavy atom. The molecule has 2 rings (SSSR count). The number of ether oxygens (including phenoxy) is 2. The molecule has 0 atom stereocenters. The second-order valence-electron chi connectivity index (χ2n) is 5.58. The van der Waals surface area contributed by atoms with Crippen molar-refractivity contribution in [2.24, 2.45) is 10.9 Å². The maximum absolute atomic E-state index is 5.38. The average Bonchev–Trinajstić information content (AvgIpc) is 2.93. The molecule has 1 aliphatic rings. The van der Waals surface area contributed by atoms with Gasteiger partial charge in [-0.2, -0.15) is 0 Å². The lowest BCUT2D eigenvalue weighted by Crippen LogP contribution is -2.37. The van der Waals surface area contributed by atoms with Gasteiger partial charge in [0.2, 0.25) is 6.79 Å². The molecule has 124 valence electrons. The fourth-order valence-electron chi connectivity index (χ4n) is 2.17. The summed E-state index contributed by atoms with van der Waals surface area (Å²) in [6, 6.07) is 5.98. The van der Waals surface area contributed by atoms with Gasteiger partial charge in [0, 0.05) is 20.1 Å². The van der Waals surface area contributed by atoms with Crippen molar-refractivity contribution in [3.63, 3.8) is 0 Å². The Bertz CT molecular complexity index is 492. The van der Waals surface area contributed by atoms with Crippen LogP contribution in [-0.2, 0) is 6.54 Å². The van der Waals surface area contributed by atoms with Crippen LogP contribution in [0.2, 0.25) is 0 Å². The summed E-state index contributed by atoms with van der Waals surface area (Å²) < 4.78 is 10.7. The number of nitrogens with zero attached hydrogens (tertiary/aromatic N) is 1. The molecule has 0 saturated heterocycles. The molecule has 0 amide bonds. The van der Waals surface area contributed by atoms with Crippen LogP contribution in [0.25, 0.3) is 0 Å². The number of fused-ring (bicyclic) bond motifs is 1. The highest BCUT2D eigenvalue weighted by Gasteiger charge is 2.13. The molecule has 0 saturated carbocycles. The molecule has 0 fully saturated rings. The van der Waals surface area contributed by atoms with Crippen LogP contribution in [0.1, 0.15) is 32.3 Å². The number of hydrogen-bond donors (Lipinski definition) is 2. The minimum absolute atomic E-state index is 0. The number of guanidine groups is 1. The van der Waals surface area contributed by atoms with Gasteiger partial charge in [-0.3, -0.25) is 4.99 Å². The van der Waals surface area contributed by atoms with Crippen LogP contribution in [-0.4, -0.2) is 26.3 Å². The van der Waals surface area contributed by atoms with E-state index in [4.69, 9.17) is 9.47 Å². The molecule has 0 unspecified atom stereocenters. The molecule has 0 bridgehead atoms. The fourth-order valence-corrected chi connectivity index (χ4v) is 2.17. The van der Waals surface area contributed by atoms with Crippen molar-refractivity contribution >= 4 is 29.9 Å². The zero-order valence-corrected chi connectivity index (χ0v) is 15.8. The lowest BCUT2D eigenvalue weighted by atomic mass is 10.1. The van der Waals surface area contributed by atoms with E-state index in [1.165, 1.54) is 6.42 Å². The summed E-state index contributed by atoms with van der Waals surface area (Å²) in [6.45, 7) is 6.45. The second kappa shape index (κ2) is 9.76. The van der Waals surface area contributed by atoms with E-state index >= 15 is 0 Å². The molecule has 0 spiro atoms. The van der Waals surface area contributed by atoms with Crippen LogP contribution in [0.3, 0.4) is 0 Å². The van der Waals surface area contributed by atoms with Crippen LogP contribution in [0.15, 0.2) is 23.2 Å². The van der Waals surface area contributed by atoms with Gasteiger partial charge in [-0.25, -0.2) is 0 Å². The smallest absolute Gasteiger partial charge is 0.231 e. The lowest BCUT2D eigenvalue weighted by molar-refractivity contribution is 0.174. The third-order valence-corrected chi connectivity index (χ3v) is 3.37. The van der Waals surface area contributed by atoms with Crippen LogP contribution in [0, 0.1) is 5.92 Å². The van der Waals surface area contributed by atoms with Crippen molar-refractivity contribution in [1.29, 1.82) is 0 Å². The van der Waals surface area contributed by atoms with E-state index in [-0.39, 0.29) is 24.0 Å². The van der Waals surface area contributed by atoms with Gasteiger partial charge in [0.25, 0.3) is 0 Å². The van der Waals surface area contributed by atoms with Crippen molar-refractivity contribution in [2.45, 2.75) is 33.2 Å². The average molecular weight is 419 g/mol. The highest BCUT2D eigenvalue weighted by Crippen LogP contribution is 2.32. The summed E-state index contributed by atoms with van der Waals surface area (Å²) in [5.41, 5.74) is 1.14. The van der Waals surface area contributed by atoms with E-state index < -0.39 is 0 Å². The Morgan fingerprint density at radius 3 is 2.73 bits per heavy atom. The molecular weight excluding hydrogens is 393 g/mol. The highest BCUT2D eigenvalue weighted by atomic mass is 127. The Balaban J connectivity index is 0.00000242. The maximum Gasteiger partial charge on any atom is 0.231 e. The summed E-state index contributed by atoms with van der Waals surface area (Å²) in [7, 11) is 1.79. The molecule has 6 heteroatoms. The standard InChI is InChI=1S/C16H25N3O2.HI/c1-12(2)5-4-8-18-16(17-3)19-10-13-6-7-14-15(9-13)21-11-20-14;/h6-7,9,12H,4-5,8,10-11H2,1-3H3,(H2,17,18,19);1H. The Hall–Kier alpha value is -1.18. The molecule has 0 aliphatic carbocycles. The van der Waals surface area contributed by atoms with E-state index in [0.29, 0.717) is 13.3 Å². The van der Waals surface area contributed by atoms with Crippen molar-refractivity contribution in [3.05, 3.63) is 23.8 Å².